The molecule has 1 fully saturated rings. The fraction of sp³-hybridized carbons (Fsp3) is 0.714. The Bertz CT molecular complexity index is 213. The highest BCUT2D eigenvalue weighted by atomic mass is 16.3. The summed E-state index contributed by atoms with van der Waals surface area (Å²) < 4.78 is 0. The van der Waals surface area contributed by atoms with Gasteiger partial charge in [-0.1, -0.05) is 0 Å². The van der Waals surface area contributed by atoms with Gasteiger partial charge in [0.05, 0.1) is 6.10 Å². The summed E-state index contributed by atoms with van der Waals surface area (Å²) in [5, 5.41) is 11.2. The minimum atomic E-state index is -0.655. The number of nitrogens with zero attached hydrogens (tertiary/aromatic N) is 1. The van der Waals surface area contributed by atoms with Crippen molar-refractivity contribution in [3.05, 3.63) is 0 Å². The van der Waals surface area contributed by atoms with Gasteiger partial charge in [-0.25, -0.2) is 0 Å². The first-order valence-corrected chi connectivity index (χ1v) is 4.10. The third-order valence-corrected chi connectivity index (χ3v) is 1.77. The van der Waals surface area contributed by atoms with Gasteiger partial charge in [0.2, 0.25) is 0 Å². The average molecular weight is 187 g/mol. The van der Waals surface area contributed by atoms with Crippen molar-refractivity contribution in [2.24, 2.45) is 5.73 Å². The summed E-state index contributed by atoms with van der Waals surface area (Å²) in [4.78, 5) is 23.4. The molecular weight excluding hydrogens is 174 g/mol. The van der Waals surface area contributed by atoms with E-state index in [4.69, 9.17) is 10.8 Å². The molecule has 0 saturated carbocycles. The zero-order valence-corrected chi connectivity index (χ0v) is 7.19. The second kappa shape index (κ2) is 4.20. The molecule has 0 radical (unpaired) electrons. The first-order chi connectivity index (χ1) is 6.15. The van der Waals surface area contributed by atoms with Crippen LogP contribution in [0.15, 0.2) is 0 Å². The highest BCUT2D eigenvalue weighted by Gasteiger charge is 2.32. The van der Waals surface area contributed by atoms with Gasteiger partial charge in [0.1, 0.15) is 0 Å². The van der Waals surface area contributed by atoms with Crippen LogP contribution < -0.4 is 11.1 Å². The van der Waals surface area contributed by atoms with Crippen molar-refractivity contribution in [3.63, 3.8) is 0 Å². The Kier molecular flexibility index (Phi) is 3.21. The normalized spacial score (nSPS) is 16.6. The summed E-state index contributed by atoms with van der Waals surface area (Å²) in [5.74, 6) is -1.25. The molecular formula is C7H13N3O3. The second-order valence-electron chi connectivity index (χ2n) is 2.91. The maximum Gasteiger partial charge on any atom is 0.312 e. The Morgan fingerprint density at radius 2 is 2.15 bits per heavy atom. The van der Waals surface area contributed by atoms with Crippen LogP contribution in [0.3, 0.4) is 0 Å². The standard InChI is InChI=1S/C7H13N3O3/c8-1-2-9-6(12)7(13)10-3-5(11)4-10/h5,11H,1-4,8H2,(H,9,12). The molecule has 1 aliphatic rings. The number of aliphatic hydroxyl groups is 1. The number of carbonyl (C=O) groups excluding carboxylic acids is 2. The van der Waals surface area contributed by atoms with Gasteiger partial charge in [0.25, 0.3) is 0 Å². The van der Waals surface area contributed by atoms with E-state index in [1.807, 2.05) is 0 Å². The maximum atomic E-state index is 11.1. The third-order valence-electron chi connectivity index (χ3n) is 1.77. The molecule has 74 valence electrons. The monoisotopic (exact) mass is 187 g/mol. The van der Waals surface area contributed by atoms with E-state index < -0.39 is 17.9 Å². The Hall–Kier alpha value is -1.14. The van der Waals surface area contributed by atoms with E-state index in [0.29, 0.717) is 13.1 Å². The van der Waals surface area contributed by atoms with E-state index >= 15 is 0 Å². The molecule has 0 aromatic carbocycles. The largest absolute Gasteiger partial charge is 0.389 e. The molecule has 2 amide bonds. The molecule has 0 bridgehead atoms. The number of carbonyl (C=O) groups is 2. The maximum absolute atomic E-state index is 11.1. The third kappa shape index (κ3) is 2.40. The van der Waals surface area contributed by atoms with Gasteiger partial charge in [0, 0.05) is 26.2 Å². The summed E-state index contributed by atoms with van der Waals surface area (Å²) in [5.41, 5.74) is 5.14. The molecule has 0 aromatic heterocycles. The van der Waals surface area contributed by atoms with Crippen molar-refractivity contribution in [1.29, 1.82) is 0 Å². The van der Waals surface area contributed by atoms with Gasteiger partial charge in [-0.3, -0.25) is 9.59 Å². The summed E-state index contributed by atoms with van der Waals surface area (Å²) in [7, 11) is 0. The number of amides is 2. The van der Waals surface area contributed by atoms with Crippen molar-refractivity contribution >= 4 is 11.8 Å². The van der Waals surface area contributed by atoms with Crippen molar-refractivity contribution in [2.45, 2.75) is 6.10 Å². The quantitative estimate of drug-likeness (QED) is 0.409. The number of likely N-dealkylation sites (tertiary alicyclic amines) is 1. The SMILES string of the molecule is NCCNC(=O)C(=O)N1CC(O)C1. The Balaban J connectivity index is 2.27. The van der Waals surface area contributed by atoms with Crippen LogP contribution >= 0.6 is 0 Å². The van der Waals surface area contributed by atoms with Crippen LogP contribution in [0, 0.1) is 0 Å². The summed E-state index contributed by atoms with van der Waals surface area (Å²) in [6, 6.07) is 0. The topological polar surface area (TPSA) is 95.7 Å². The summed E-state index contributed by atoms with van der Waals surface area (Å²) in [6.45, 7) is 1.09. The van der Waals surface area contributed by atoms with Gasteiger partial charge in [-0.05, 0) is 0 Å². The molecule has 0 unspecified atom stereocenters. The van der Waals surface area contributed by atoms with Crippen LogP contribution in [-0.2, 0) is 9.59 Å². The Labute approximate surface area is 75.7 Å². The minimum Gasteiger partial charge on any atom is -0.389 e. The molecule has 1 rings (SSSR count). The van der Waals surface area contributed by atoms with E-state index in [1.165, 1.54) is 4.90 Å². The van der Waals surface area contributed by atoms with Crippen LogP contribution in [0.4, 0.5) is 0 Å². The lowest BCUT2D eigenvalue weighted by Crippen LogP contribution is -2.57. The highest BCUT2D eigenvalue weighted by Crippen LogP contribution is 2.06. The fourth-order valence-corrected chi connectivity index (χ4v) is 1.03. The molecule has 13 heavy (non-hydrogen) atoms. The van der Waals surface area contributed by atoms with Gasteiger partial charge < -0.3 is 21.1 Å². The molecule has 0 aromatic rings. The summed E-state index contributed by atoms with van der Waals surface area (Å²) in [6.07, 6.45) is -0.480. The van der Waals surface area contributed by atoms with Crippen molar-refractivity contribution < 1.29 is 14.7 Å². The van der Waals surface area contributed by atoms with Crippen LogP contribution in [0.2, 0.25) is 0 Å². The molecule has 4 N–H and O–H groups in total. The number of nitrogens with two attached hydrogens (primary N) is 1. The number of aliphatic hydroxyl groups excluding tert-OH is 1. The molecule has 0 spiro atoms. The van der Waals surface area contributed by atoms with Gasteiger partial charge in [-0.2, -0.15) is 0 Å². The van der Waals surface area contributed by atoms with Crippen LogP contribution in [0.5, 0.6) is 0 Å². The number of rotatable bonds is 2. The lowest BCUT2D eigenvalue weighted by Gasteiger charge is -2.35. The number of nitrogens with one attached hydrogen (secondary N) is 1. The average Bonchev–Trinajstić information content (AvgIpc) is 2.07. The van der Waals surface area contributed by atoms with E-state index in [0.717, 1.165) is 0 Å². The molecule has 0 aliphatic carbocycles. The molecule has 6 nitrogen and oxygen atoms in total. The van der Waals surface area contributed by atoms with Gasteiger partial charge in [0.15, 0.2) is 0 Å². The smallest absolute Gasteiger partial charge is 0.312 e. The predicted octanol–water partition coefficient (Wildman–Crippen LogP) is -2.74. The number of β-amino-alcohol motifs (C(OH)–C–C–N with tert-alkyl or cyclic N) is 1. The summed E-state index contributed by atoms with van der Waals surface area (Å²) >= 11 is 0. The first-order valence-electron chi connectivity index (χ1n) is 4.10. The lowest BCUT2D eigenvalue weighted by atomic mass is 10.1. The van der Waals surface area contributed by atoms with Crippen molar-refractivity contribution in [2.75, 3.05) is 26.2 Å². The van der Waals surface area contributed by atoms with Crippen LogP contribution in [-0.4, -0.2) is 54.1 Å². The molecule has 1 saturated heterocycles. The van der Waals surface area contributed by atoms with E-state index in [9.17, 15) is 9.59 Å². The highest BCUT2D eigenvalue weighted by molar-refractivity contribution is 6.35. The minimum absolute atomic E-state index is 0.245. The van der Waals surface area contributed by atoms with Crippen molar-refractivity contribution in [3.8, 4) is 0 Å². The first kappa shape index (κ1) is 9.94. The second-order valence-corrected chi connectivity index (χ2v) is 2.91. The lowest BCUT2D eigenvalue weighted by molar-refractivity contribution is -0.152. The fourth-order valence-electron chi connectivity index (χ4n) is 1.03. The van der Waals surface area contributed by atoms with Gasteiger partial charge in [-0.15, -0.1) is 0 Å². The van der Waals surface area contributed by atoms with E-state index in [-0.39, 0.29) is 13.1 Å². The zero-order valence-electron chi connectivity index (χ0n) is 7.19. The molecule has 1 aliphatic heterocycles. The van der Waals surface area contributed by atoms with Crippen LogP contribution in [0.1, 0.15) is 0 Å². The van der Waals surface area contributed by atoms with Crippen LogP contribution in [0.25, 0.3) is 0 Å². The zero-order chi connectivity index (χ0) is 9.84. The van der Waals surface area contributed by atoms with Gasteiger partial charge >= 0.3 is 11.8 Å². The Morgan fingerprint density at radius 1 is 1.54 bits per heavy atom. The van der Waals surface area contributed by atoms with Crippen molar-refractivity contribution in [1.82, 2.24) is 10.2 Å². The Morgan fingerprint density at radius 3 is 2.62 bits per heavy atom. The number of hydrogen-bond acceptors (Lipinski definition) is 4. The predicted molar refractivity (Wildman–Crippen MR) is 44.7 cm³/mol. The molecule has 1 heterocycles. The molecule has 6 heteroatoms. The van der Waals surface area contributed by atoms with E-state index in [2.05, 4.69) is 5.32 Å². The number of hydrogen-bond donors (Lipinski definition) is 3. The van der Waals surface area contributed by atoms with E-state index in [1.54, 1.807) is 0 Å². The molecule has 0 atom stereocenters.